The van der Waals surface area contributed by atoms with E-state index >= 15 is 0 Å². The van der Waals surface area contributed by atoms with Crippen LogP contribution in [0.4, 0.5) is 4.39 Å². The van der Waals surface area contributed by atoms with Crippen LogP contribution in [-0.2, 0) is 22.1 Å². The van der Waals surface area contributed by atoms with E-state index in [1.807, 2.05) is 13.0 Å². The van der Waals surface area contributed by atoms with E-state index in [9.17, 15) is 12.8 Å². The first-order valence-corrected chi connectivity index (χ1v) is 7.85. The molecule has 0 aliphatic rings. The van der Waals surface area contributed by atoms with Crippen molar-refractivity contribution in [2.24, 2.45) is 5.73 Å². The number of benzene rings is 2. The van der Waals surface area contributed by atoms with Crippen LogP contribution in [0.2, 0.25) is 0 Å². The maximum absolute atomic E-state index is 14.1. The maximum Gasteiger partial charge on any atom is 0.182 e. The summed E-state index contributed by atoms with van der Waals surface area (Å²) in [7, 11) is -3.56. The molecule has 2 N–H and O–H groups in total. The normalized spacial score (nSPS) is 11.6. The highest BCUT2D eigenvalue weighted by molar-refractivity contribution is 7.90. The van der Waals surface area contributed by atoms with Crippen molar-refractivity contribution < 1.29 is 12.8 Å². The molecule has 0 bridgehead atoms. The Balaban J connectivity index is 2.39. The van der Waals surface area contributed by atoms with Crippen LogP contribution in [0.3, 0.4) is 0 Å². The van der Waals surface area contributed by atoms with E-state index in [-0.39, 0.29) is 22.8 Å². The molecule has 0 saturated carbocycles. The van der Waals surface area contributed by atoms with Crippen molar-refractivity contribution in [3.05, 3.63) is 65.0 Å². The summed E-state index contributed by atoms with van der Waals surface area (Å²) in [5, 5.41) is 0. The van der Waals surface area contributed by atoms with Crippen molar-refractivity contribution in [3.8, 4) is 0 Å². The van der Waals surface area contributed by atoms with E-state index < -0.39 is 15.7 Å². The molecule has 0 radical (unpaired) electrons. The van der Waals surface area contributed by atoms with Gasteiger partial charge in [-0.3, -0.25) is 0 Å². The minimum atomic E-state index is -3.56. The molecule has 0 aliphatic heterocycles. The van der Waals surface area contributed by atoms with Crippen LogP contribution < -0.4 is 5.73 Å². The Labute approximate surface area is 118 Å². The minimum Gasteiger partial charge on any atom is -0.326 e. The Hall–Kier alpha value is -1.72. The molecular weight excluding hydrogens is 277 g/mol. The van der Waals surface area contributed by atoms with Gasteiger partial charge in [-0.25, -0.2) is 12.8 Å². The molecule has 2 aromatic rings. The van der Waals surface area contributed by atoms with Crippen LogP contribution in [0.1, 0.15) is 16.7 Å². The van der Waals surface area contributed by atoms with Crippen LogP contribution in [0.25, 0.3) is 0 Å². The van der Waals surface area contributed by atoms with Gasteiger partial charge in [-0.15, -0.1) is 0 Å². The molecule has 0 saturated heterocycles. The van der Waals surface area contributed by atoms with E-state index in [0.29, 0.717) is 5.56 Å². The number of hydrogen-bond acceptors (Lipinski definition) is 3. The van der Waals surface area contributed by atoms with Gasteiger partial charge in [-0.2, -0.15) is 0 Å². The lowest BCUT2D eigenvalue weighted by molar-refractivity contribution is 0.582. The van der Waals surface area contributed by atoms with Crippen LogP contribution in [0.5, 0.6) is 0 Å². The van der Waals surface area contributed by atoms with E-state index in [4.69, 9.17) is 5.73 Å². The summed E-state index contributed by atoms with van der Waals surface area (Å²) in [5.74, 6) is -0.901. The number of sulfone groups is 1. The number of nitrogens with two attached hydrogens (primary N) is 1. The van der Waals surface area contributed by atoms with Gasteiger partial charge < -0.3 is 5.73 Å². The summed E-state index contributed by atoms with van der Waals surface area (Å²) in [5.41, 5.74) is 6.74. The lowest BCUT2D eigenvalue weighted by Crippen LogP contribution is -2.09. The Bertz CT molecular complexity index is 726. The Morgan fingerprint density at radius 3 is 2.40 bits per heavy atom. The smallest absolute Gasteiger partial charge is 0.182 e. The average Bonchev–Trinajstić information content (AvgIpc) is 2.41. The monoisotopic (exact) mass is 293 g/mol. The topological polar surface area (TPSA) is 60.2 Å². The quantitative estimate of drug-likeness (QED) is 0.942. The zero-order valence-electron chi connectivity index (χ0n) is 11.1. The van der Waals surface area contributed by atoms with Gasteiger partial charge in [0.2, 0.25) is 0 Å². The van der Waals surface area contributed by atoms with E-state index in [0.717, 1.165) is 5.56 Å². The molecule has 0 spiro atoms. The standard InChI is InChI=1S/C15H16FNO2S/c1-11-4-2-7-14(8-11)20(18,19)10-13-6-3-5-12(9-17)15(13)16/h2-8H,9-10,17H2,1H3. The van der Waals surface area contributed by atoms with Gasteiger partial charge in [-0.05, 0) is 24.6 Å². The molecule has 0 heterocycles. The molecule has 0 fully saturated rings. The van der Waals surface area contributed by atoms with Gasteiger partial charge in [-0.1, -0.05) is 30.3 Å². The summed E-state index contributed by atoms with van der Waals surface area (Å²) < 4.78 is 38.7. The fourth-order valence-electron chi connectivity index (χ4n) is 2.00. The van der Waals surface area contributed by atoms with Gasteiger partial charge in [0.1, 0.15) is 5.82 Å². The van der Waals surface area contributed by atoms with Gasteiger partial charge >= 0.3 is 0 Å². The zero-order valence-corrected chi connectivity index (χ0v) is 12.0. The van der Waals surface area contributed by atoms with Crippen LogP contribution in [0, 0.1) is 12.7 Å². The van der Waals surface area contributed by atoms with Crippen molar-refractivity contribution >= 4 is 9.84 Å². The van der Waals surface area contributed by atoms with Crippen LogP contribution >= 0.6 is 0 Å². The number of rotatable bonds is 4. The van der Waals surface area contributed by atoms with E-state index in [2.05, 4.69) is 0 Å². The zero-order chi connectivity index (χ0) is 14.8. The average molecular weight is 293 g/mol. The summed E-state index contributed by atoms with van der Waals surface area (Å²) in [6.45, 7) is 1.86. The summed E-state index contributed by atoms with van der Waals surface area (Å²) in [6, 6.07) is 11.2. The van der Waals surface area contributed by atoms with Crippen molar-refractivity contribution in [1.29, 1.82) is 0 Å². The van der Waals surface area contributed by atoms with Crippen molar-refractivity contribution in [1.82, 2.24) is 0 Å². The van der Waals surface area contributed by atoms with Crippen LogP contribution in [0.15, 0.2) is 47.4 Å². The predicted molar refractivity (Wildman–Crippen MR) is 76.4 cm³/mol. The summed E-state index contributed by atoms with van der Waals surface area (Å²) in [4.78, 5) is 0.204. The molecule has 3 nitrogen and oxygen atoms in total. The Kier molecular flexibility index (Phi) is 4.20. The van der Waals surface area contributed by atoms with Gasteiger partial charge in [0, 0.05) is 17.7 Å². The van der Waals surface area contributed by atoms with Crippen molar-refractivity contribution in [2.75, 3.05) is 0 Å². The third kappa shape index (κ3) is 3.05. The van der Waals surface area contributed by atoms with Gasteiger partial charge in [0.05, 0.1) is 10.6 Å². The predicted octanol–water partition coefficient (Wildman–Crippen LogP) is 2.57. The molecule has 0 aromatic heterocycles. The third-order valence-electron chi connectivity index (χ3n) is 3.07. The van der Waals surface area contributed by atoms with Gasteiger partial charge in [0.15, 0.2) is 9.84 Å². The molecule has 20 heavy (non-hydrogen) atoms. The molecule has 0 amide bonds. The second kappa shape index (κ2) is 5.73. The molecule has 2 aromatic carbocycles. The highest BCUT2D eigenvalue weighted by atomic mass is 32.2. The first-order valence-electron chi connectivity index (χ1n) is 6.20. The highest BCUT2D eigenvalue weighted by Gasteiger charge is 2.18. The highest BCUT2D eigenvalue weighted by Crippen LogP contribution is 2.21. The van der Waals surface area contributed by atoms with Crippen LogP contribution in [-0.4, -0.2) is 8.42 Å². The minimum absolute atomic E-state index is 0.0458. The first kappa shape index (κ1) is 14.7. The van der Waals surface area contributed by atoms with E-state index in [1.165, 1.54) is 12.1 Å². The second-order valence-corrected chi connectivity index (χ2v) is 6.66. The first-order chi connectivity index (χ1) is 9.44. The Morgan fingerprint density at radius 2 is 1.75 bits per heavy atom. The lowest BCUT2D eigenvalue weighted by Gasteiger charge is -2.08. The molecule has 2 rings (SSSR count). The van der Waals surface area contributed by atoms with Crippen molar-refractivity contribution in [3.63, 3.8) is 0 Å². The number of aryl methyl sites for hydroxylation is 1. The second-order valence-electron chi connectivity index (χ2n) is 4.67. The summed E-state index contributed by atoms with van der Waals surface area (Å²) >= 11 is 0. The SMILES string of the molecule is Cc1cccc(S(=O)(=O)Cc2cccc(CN)c2F)c1. The molecular formula is C15H16FNO2S. The lowest BCUT2D eigenvalue weighted by atomic mass is 10.1. The van der Waals surface area contributed by atoms with Crippen molar-refractivity contribution in [2.45, 2.75) is 24.1 Å². The maximum atomic E-state index is 14.1. The fourth-order valence-corrected chi connectivity index (χ4v) is 3.45. The summed E-state index contributed by atoms with van der Waals surface area (Å²) in [6.07, 6.45) is 0. The largest absolute Gasteiger partial charge is 0.326 e. The Morgan fingerprint density at radius 1 is 1.10 bits per heavy atom. The molecule has 0 unspecified atom stereocenters. The number of halogens is 1. The fraction of sp³-hybridized carbons (Fsp3) is 0.200. The molecule has 5 heteroatoms. The third-order valence-corrected chi connectivity index (χ3v) is 4.74. The molecule has 0 aliphatic carbocycles. The van der Waals surface area contributed by atoms with Gasteiger partial charge in [0.25, 0.3) is 0 Å². The van der Waals surface area contributed by atoms with E-state index in [1.54, 1.807) is 24.3 Å². The molecule has 106 valence electrons. The number of hydrogen-bond donors (Lipinski definition) is 1. The molecule has 0 atom stereocenters.